The number of aromatic nitrogens is 1. The maximum absolute atomic E-state index is 5.74. The highest BCUT2D eigenvalue weighted by atomic mass is 79.9. The van der Waals surface area contributed by atoms with Crippen LogP contribution >= 0.6 is 15.9 Å². The van der Waals surface area contributed by atoms with Gasteiger partial charge in [-0.15, -0.1) is 0 Å². The largest absolute Gasteiger partial charge is 0.496 e. The molecule has 0 aliphatic heterocycles. The number of fused-ring (bicyclic) bond motifs is 1. The number of nitrogens with one attached hydrogen (secondary N) is 1. The molecule has 0 aliphatic rings. The molecule has 2 aromatic rings. The van der Waals surface area contributed by atoms with E-state index in [-0.39, 0.29) is 0 Å². The van der Waals surface area contributed by atoms with E-state index >= 15 is 0 Å². The molecule has 0 amide bonds. The van der Waals surface area contributed by atoms with Crippen LogP contribution in [0, 0.1) is 6.92 Å². The lowest BCUT2D eigenvalue weighted by molar-refractivity contribution is 0.413. The van der Waals surface area contributed by atoms with Crippen LogP contribution in [0.15, 0.2) is 16.6 Å². The van der Waals surface area contributed by atoms with E-state index in [2.05, 4.69) is 20.9 Å². The smallest absolute Gasteiger partial charge is 0.133 e. The molecule has 3 nitrogen and oxygen atoms in total. The number of aryl methyl sites for hydroxylation is 1. The minimum Gasteiger partial charge on any atom is -0.496 e. The summed E-state index contributed by atoms with van der Waals surface area (Å²) < 4.78 is 6.23. The first-order valence-corrected chi connectivity index (χ1v) is 5.52. The second-order valence-electron chi connectivity index (χ2n) is 3.44. The zero-order valence-electron chi connectivity index (χ0n) is 8.73. The Bertz CT molecular complexity index is 505. The minimum atomic E-state index is 0.525. The number of hydrogen-bond acceptors (Lipinski definition) is 2. The molecule has 4 heteroatoms. The van der Waals surface area contributed by atoms with E-state index in [4.69, 9.17) is 10.5 Å². The van der Waals surface area contributed by atoms with Crippen LogP contribution < -0.4 is 10.5 Å². The van der Waals surface area contributed by atoms with E-state index in [9.17, 15) is 0 Å². The van der Waals surface area contributed by atoms with Crippen LogP contribution in [0.25, 0.3) is 10.9 Å². The summed E-state index contributed by atoms with van der Waals surface area (Å²) in [5.41, 5.74) is 9.07. The Balaban J connectivity index is 2.83. The van der Waals surface area contributed by atoms with E-state index in [0.29, 0.717) is 6.54 Å². The van der Waals surface area contributed by atoms with Crippen molar-refractivity contribution in [1.29, 1.82) is 0 Å². The van der Waals surface area contributed by atoms with Gasteiger partial charge >= 0.3 is 0 Å². The molecule has 0 saturated carbocycles. The maximum Gasteiger partial charge on any atom is 0.133 e. The van der Waals surface area contributed by atoms with Gasteiger partial charge in [-0.05, 0) is 40.5 Å². The van der Waals surface area contributed by atoms with E-state index in [1.54, 1.807) is 7.11 Å². The Morgan fingerprint density at radius 2 is 2.20 bits per heavy atom. The Morgan fingerprint density at radius 3 is 2.80 bits per heavy atom. The third-order valence-corrected chi connectivity index (χ3v) is 3.39. The number of benzene rings is 1. The zero-order valence-corrected chi connectivity index (χ0v) is 10.3. The number of hydrogen-bond donors (Lipinski definition) is 2. The van der Waals surface area contributed by atoms with Crippen LogP contribution in [0.3, 0.4) is 0 Å². The van der Waals surface area contributed by atoms with Gasteiger partial charge in [0.25, 0.3) is 0 Å². The molecule has 2 rings (SSSR count). The molecule has 0 aliphatic carbocycles. The molecule has 15 heavy (non-hydrogen) atoms. The van der Waals surface area contributed by atoms with Gasteiger partial charge in [-0.1, -0.05) is 0 Å². The van der Waals surface area contributed by atoms with Crippen LogP contribution in [0.2, 0.25) is 0 Å². The second-order valence-corrected chi connectivity index (χ2v) is 4.23. The number of nitrogens with two attached hydrogens (primary N) is 1. The van der Waals surface area contributed by atoms with Gasteiger partial charge in [0.05, 0.1) is 11.6 Å². The molecular formula is C11H13BrN2O. The highest BCUT2D eigenvalue weighted by Crippen LogP contribution is 2.36. The van der Waals surface area contributed by atoms with Crippen LogP contribution in [0.4, 0.5) is 0 Å². The van der Waals surface area contributed by atoms with Gasteiger partial charge in [0.15, 0.2) is 0 Å². The van der Waals surface area contributed by atoms with Crippen molar-refractivity contribution in [1.82, 2.24) is 4.98 Å². The number of ether oxygens (including phenoxy) is 1. The van der Waals surface area contributed by atoms with E-state index < -0.39 is 0 Å². The first kappa shape index (κ1) is 10.5. The molecule has 80 valence electrons. The molecular weight excluding hydrogens is 256 g/mol. The molecule has 0 fully saturated rings. The minimum absolute atomic E-state index is 0.525. The fourth-order valence-electron chi connectivity index (χ4n) is 1.83. The lowest BCUT2D eigenvalue weighted by atomic mass is 10.1. The van der Waals surface area contributed by atoms with Crippen LogP contribution in [-0.2, 0) is 6.54 Å². The molecule has 0 unspecified atom stereocenters. The lowest BCUT2D eigenvalue weighted by Crippen LogP contribution is -1.97. The van der Waals surface area contributed by atoms with Crippen molar-refractivity contribution < 1.29 is 4.74 Å². The summed E-state index contributed by atoms with van der Waals surface area (Å²) in [7, 11) is 1.66. The Morgan fingerprint density at radius 1 is 1.47 bits per heavy atom. The standard InChI is InChI=1S/C11H13BrN2O/c1-6-7(5-13)10-8(14-6)3-4-9(15-2)11(10)12/h3-4,14H,5,13H2,1-2H3. The van der Waals surface area contributed by atoms with Gasteiger partial charge in [-0.3, -0.25) is 0 Å². The monoisotopic (exact) mass is 268 g/mol. The molecule has 0 spiro atoms. The summed E-state index contributed by atoms with van der Waals surface area (Å²) in [6, 6.07) is 3.94. The summed E-state index contributed by atoms with van der Waals surface area (Å²) in [5.74, 6) is 0.830. The number of H-pyrrole nitrogens is 1. The molecule has 0 radical (unpaired) electrons. The Labute approximate surface area is 96.7 Å². The summed E-state index contributed by atoms with van der Waals surface area (Å²) in [5, 5.41) is 1.12. The number of aromatic amines is 1. The predicted molar refractivity (Wildman–Crippen MR) is 65.2 cm³/mol. The van der Waals surface area contributed by atoms with Crippen molar-refractivity contribution in [2.24, 2.45) is 5.73 Å². The molecule has 0 bridgehead atoms. The average molecular weight is 269 g/mol. The number of halogens is 1. The first-order valence-electron chi connectivity index (χ1n) is 4.72. The van der Waals surface area contributed by atoms with Crippen molar-refractivity contribution in [3.8, 4) is 5.75 Å². The van der Waals surface area contributed by atoms with Crippen molar-refractivity contribution in [3.63, 3.8) is 0 Å². The maximum atomic E-state index is 5.74. The summed E-state index contributed by atoms with van der Waals surface area (Å²) in [4.78, 5) is 3.30. The fourth-order valence-corrected chi connectivity index (χ4v) is 2.58. The van der Waals surface area contributed by atoms with Crippen LogP contribution in [-0.4, -0.2) is 12.1 Å². The fraction of sp³-hybridized carbons (Fsp3) is 0.273. The quantitative estimate of drug-likeness (QED) is 0.880. The zero-order chi connectivity index (χ0) is 11.0. The number of rotatable bonds is 2. The van der Waals surface area contributed by atoms with Crippen molar-refractivity contribution >= 4 is 26.8 Å². The third-order valence-electron chi connectivity index (χ3n) is 2.61. The number of methoxy groups -OCH3 is 1. The molecule has 1 heterocycles. The molecule has 0 atom stereocenters. The lowest BCUT2D eigenvalue weighted by Gasteiger charge is -2.05. The van der Waals surface area contributed by atoms with E-state index in [1.165, 1.54) is 0 Å². The first-order chi connectivity index (χ1) is 7.19. The van der Waals surface area contributed by atoms with Crippen LogP contribution in [0.1, 0.15) is 11.3 Å². The average Bonchev–Trinajstić information content (AvgIpc) is 2.55. The predicted octanol–water partition coefficient (Wildman–Crippen LogP) is 2.71. The normalized spacial score (nSPS) is 10.9. The third kappa shape index (κ3) is 1.54. The summed E-state index contributed by atoms with van der Waals surface area (Å²) in [6.07, 6.45) is 0. The Hall–Kier alpha value is -1.00. The van der Waals surface area contributed by atoms with Crippen molar-refractivity contribution in [2.45, 2.75) is 13.5 Å². The van der Waals surface area contributed by atoms with Gasteiger partial charge in [-0.2, -0.15) is 0 Å². The highest BCUT2D eigenvalue weighted by Gasteiger charge is 2.13. The van der Waals surface area contributed by atoms with Gasteiger partial charge in [0, 0.05) is 23.1 Å². The molecule has 3 N–H and O–H groups in total. The molecule has 1 aromatic heterocycles. The topological polar surface area (TPSA) is 51.0 Å². The van der Waals surface area contributed by atoms with Crippen LogP contribution in [0.5, 0.6) is 5.75 Å². The SMILES string of the molecule is COc1ccc2[nH]c(C)c(CN)c2c1Br. The van der Waals surface area contributed by atoms with Crippen molar-refractivity contribution in [3.05, 3.63) is 27.9 Å². The summed E-state index contributed by atoms with van der Waals surface area (Å²) >= 11 is 3.55. The van der Waals surface area contributed by atoms with Crippen molar-refractivity contribution in [2.75, 3.05) is 7.11 Å². The summed E-state index contributed by atoms with van der Waals surface area (Å²) in [6.45, 7) is 2.55. The Kier molecular flexibility index (Phi) is 2.71. The second kappa shape index (κ2) is 3.87. The van der Waals surface area contributed by atoms with Gasteiger partial charge in [-0.25, -0.2) is 0 Å². The van der Waals surface area contributed by atoms with Gasteiger partial charge < -0.3 is 15.5 Å². The molecule has 1 aromatic carbocycles. The molecule has 0 saturated heterocycles. The van der Waals surface area contributed by atoms with Gasteiger partial charge in [0.1, 0.15) is 5.75 Å². The van der Waals surface area contributed by atoms with E-state index in [1.807, 2.05) is 19.1 Å². The highest BCUT2D eigenvalue weighted by molar-refractivity contribution is 9.10. The van der Waals surface area contributed by atoms with Gasteiger partial charge in [0.2, 0.25) is 0 Å². The van der Waals surface area contributed by atoms with E-state index in [0.717, 1.165) is 32.4 Å².